The Morgan fingerprint density at radius 2 is 1.53 bits per heavy atom. The molecule has 0 spiro atoms. The highest BCUT2D eigenvalue weighted by molar-refractivity contribution is 6.02. The van der Waals surface area contributed by atoms with Crippen molar-refractivity contribution < 1.29 is 74.1 Å². The average Bonchev–Trinajstić information content (AvgIpc) is 2.97. The quantitative estimate of drug-likeness (QED) is 0.185. The SMILES string of the molecule is COc1ccc(C2CC(=O)c3c(O)cc(O[C@@H]4O[C@H](CO[C@@H]5O[C@@H](C)C(O)C(O)C5O)C(O)C(O)C4O)cc3O2)cc1O. The van der Waals surface area contributed by atoms with Gasteiger partial charge in [-0.2, -0.15) is 0 Å². The van der Waals surface area contributed by atoms with Crippen LogP contribution in [-0.4, -0.2) is 122 Å². The van der Waals surface area contributed by atoms with Crippen molar-refractivity contribution in [3.63, 3.8) is 0 Å². The number of aliphatic hydroxyl groups is 6. The summed E-state index contributed by atoms with van der Waals surface area (Å²) >= 11 is 0. The van der Waals surface area contributed by atoms with Crippen LogP contribution in [0.4, 0.5) is 0 Å². The highest BCUT2D eigenvalue weighted by Gasteiger charge is 2.47. The normalized spacial score (nSPS) is 36.0. The van der Waals surface area contributed by atoms with E-state index in [1.807, 2.05) is 0 Å². The molecule has 0 radical (unpaired) electrons. The number of ether oxygens (including phenoxy) is 6. The summed E-state index contributed by atoms with van der Waals surface area (Å²) < 4.78 is 33.1. The first-order chi connectivity index (χ1) is 20.4. The minimum atomic E-state index is -1.77. The summed E-state index contributed by atoms with van der Waals surface area (Å²) in [7, 11) is 1.39. The molecule has 2 aromatic carbocycles. The van der Waals surface area contributed by atoms with Crippen molar-refractivity contribution in [2.75, 3.05) is 13.7 Å². The van der Waals surface area contributed by atoms with E-state index in [4.69, 9.17) is 28.4 Å². The summed E-state index contributed by atoms with van der Waals surface area (Å²) in [6.07, 6.45) is -15.9. The lowest BCUT2D eigenvalue weighted by atomic mass is 9.95. The van der Waals surface area contributed by atoms with Crippen LogP contribution in [0.2, 0.25) is 0 Å². The fraction of sp³-hybridized carbons (Fsp3) is 0.536. The number of phenols is 2. The van der Waals surface area contributed by atoms with Crippen LogP contribution in [0.3, 0.4) is 0 Å². The van der Waals surface area contributed by atoms with Gasteiger partial charge in [-0.25, -0.2) is 0 Å². The largest absolute Gasteiger partial charge is 0.507 e. The Morgan fingerprint density at radius 3 is 2.23 bits per heavy atom. The molecule has 2 fully saturated rings. The monoisotopic (exact) mass is 610 g/mol. The van der Waals surface area contributed by atoms with Crippen molar-refractivity contribution in [2.24, 2.45) is 0 Å². The number of hydrogen-bond acceptors (Lipinski definition) is 15. The van der Waals surface area contributed by atoms with Gasteiger partial charge >= 0.3 is 0 Å². The zero-order valence-electron chi connectivity index (χ0n) is 23.1. The van der Waals surface area contributed by atoms with E-state index in [0.717, 1.165) is 6.07 Å². The topological polar surface area (TPSA) is 234 Å². The van der Waals surface area contributed by atoms with Gasteiger partial charge in [-0.1, -0.05) is 6.07 Å². The zero-order valence-corrected chi connectivity index (χ0v) is 23.1. The molecule has 15 heteroatoms. The van der Waals surface area contributed by atoms with E-state index in [1.54, 1.807) is 6.07 Å². The molecule has 3 heterocycles. The van der Waals surface area contributed by atoms with Gasteiger partial charge < -0.3 is 69.3 Å². The molecule has 0 aromatic heterocycles. The zero-order chi connectivity index (χ0) is 31.2. The van der Waals surface area contributed by atoms with Crippen LogP contribution in [0.15, 0.2) is 30.3 Å². The first-order valence-corrected chi connectivity index (χ1v) is 13.5. The molecule has 0 saturated carbocycles. The highest BCUT2D eigenvalue weighted by atomic mass is 16.7. The molecule has 3 aliphatic heterocycles. The van der Waals surface area contributed by atoms with Gasteiger partial charge in [0.1, 0.15) is 71.6 Å². The van der Waals surface area contributed by atoms with E-state index in [9.17, 15) is 45.6 Å². The van der Waals surface area contributed by atoms with Crippen LogP contribution in [0.1, 0.15) is 35.4 Å². The van der Waals surface area contributed by atoms with Crippen molar-refractivity contribution in [3.8, 4) is 28.7 Å². The van der Waals surface area contributed by atoms with Crippen molar-refractivity contribution in [3.05, 3.63) is 41.5 Å². The summed E-state index contributed by atoms with van der Waals surface area (Å²) in [5, 5.41) is 82.2. The van der Waals surface area contributed by atoms with Crippen molar-refractivity contribution >= 4 is 5.78 Å². The fourth-order valence-corrected chi connectivity index (χ4v) is 5.20. The number of hydrogen-bond donors (Lipinski definition) is 8. The maximum absolute atomic E-state index is 12.9. The summed E-state index contributed by atoms with van der Waals surface area (Å²) in [6, 6.07) is 6.90. The molecule has 11 atom stereocenters. The first kappa shape index (κ1) is 31.2. The molecule has 8 N–H and O–H groups in total. The number of Topliss-reactive ketones (excluding diaryl/α,β-unsaturated/α-hetero) is 1. The van der Waals surface area contributed by atoms with Gasteiger partial charge in [-0.3, -0.25) is 4.79 Å². The second kappa shape index (κ2) is 12.4. The molecule has 3 aliphatic rings. The van der Waals surface area contributed by atoms with Crippen LogP contribution in [0, 0.1) is 0 Å². The molecule has 2 aromatic rings. The maximum Gasteiger partial charge on any atom is 0.229 e. The van der Waals surface area contributed by atoms with Crippen LogP contribution >= 0.6 is 0 Å². The number of ketones is 1. The van der Waals surface area contributed by atoms with Gasteiger partial charge in [-0.05, 0) is 24.6 Å². The second-order valence-corrected chi connectivity index (χ2v) is 10.6. The van der Waals surface area contributed by atoms with Gasteiger partial charge in [-0.15, -0.1) is 0 Å². The van der Waals surface area contributed by atoms with E-state index in [1.165, 1.54) is 32.2 Å². The standard InChI is InChI=1S/C28H34O15/c1-10-21(32)23(34)25(36)27(40-10)39-9-19-22(33)24(35)26(37)28(43-19)41-12-6-14(30)20-15(31)8-17(42-18(20)7-12)11-3-4-16(38-2)13(29)5-11/h3-7,10,17,19,21-30,32-37H,8-9H2,1-2H3/t10-,17?,19+,21?,22?,23?,24?,25?,26?,27+,28+/m0/s1. The third kappa shape index (κ3) is 6.08. The van der Waals surface area contributed by atoms with Gasteiger partial charge in [0.05, 0.1) is 26.2 Å². The molecule has 0 amide bonds. The molecular formula is C28H34O15. The van der Waals surface area contributed by atoms with E-state index >= 15 is 0 Å². The van der Waals surface area contributed by atoms with E-state index in [0.29, 0.717) is 5.56 Å². The van der Waals surface area contributed by atoms with Crippen LogP contribution in [0.25, 0.3) is 0 Å². The third-order valence-electron chi connectivity index (χ3n) is 7.70. The number of phenolic OH excluding ortho intramolecular Hbond substituents is 2. The molecule has 236 valence electrons. The molecule has 43 heavy (non-hydrogen) atoms. The van der Waals surface area contributed by atoms with Gasteiger partial charge in [0.15, 0.2) is 23.6 Å². The second-order valence-electron chi connectivity index (χ2n) is 10.6. The lowest BCUT2D eigenvalue weighted by molar-refractivity contribution is -0.318. The predicted octanol–water partition coefficient (Wildman–Crippen LogP) is -1.16. The Morgan fingerprint density at radius 1 is 0.837 bits per heavy atom. The number of fused-ring (bicyclic) bond motifs is 1. The van der Waals surface area contributed by atoms with Crippen LogP contribution in [-0.2, 0) is 14.2 Å². The van der Waals surface area contributed by atoms with Crippen molar-refractivity contribution in [1.29, 1.82) is 0 Å². The number of aliphatic hydroxyl groups excluding tert-OH is 6. The third-order valence-corrected chi connectivity index (χ3v) is 7.70. The molecule has 2 saturated heterocycles. The predicted molar refractivity (Wildman–Crippen MR) is 141 cm³/mol. The smallest absolute Gasteiger partial charge is 0.229 e. The number of carbonyl (C=O) groups is 1. The number of rotatable bonds is 7. The first-order valence-electron chi connectivity index (χ1n) is 13.5. The van der Waals surface area contributed by atoms with Gasteiger partial charge in [0.2, 0.25) is 6.29 Å². The summed E-state index contributed by atoms with van der Waals surface area (Å²) in [5.41, 5.74) is 0.373. The Kier molecular flexibility index (Phi) is 8.99. The number of carbonyl (C=O) groups excluding carboxylic acids is 1. The minimum Gasteiger partial charge on any atom is -0.507 e. The number of aromatic hydroxyl groups is 2. The van der Waals surface area contributed by atoms with Crippen LogP contribution < -0.4 is 14.2 Å². The Labute approximate surface area is 245 Å². The van der Waals surface area contributed by atoms with E-state index < -0.39 is 85.7 Å². The molecule has 0 aliphatic carbocycles. The molecular weight excluding hydrogens is 576 g/mol. The summed E-state index contributed by atoms with van der Waals surface area (Å²) in [6.45, 7) is 0.964. The van der Waals surface area contributed by atoms with Crippen molar-refractivity contribution in [2.45, 2.75) is 80.9 Å². The Balaban J connectivity index is 1.30. The van der Waals surface area contributed by atoms with Gasteiger partial charge in [0.25, 0.3) is 0 Å². The number of benzene rings is 2. The Hall–Kier alpha value is -3.25. The van der Waals surface area contributed by atoms with Crippen LogP contribution in [0.5, 0.6) is 28.7 Å². The molecule has 5 rings (SSSR count). The Bertz CT molecular complexity index is 1320. The maximum atomic E-state index is 12.9. The molecule has 15 nitrogen and oxygen atoms in total. The van der Waals surface area contributed by atoms with Crippen molar-refractivity contribution in [1.82, 2.24) is 0 Å². The average molecular weight is 611 g/mol. The lowest BCUT2D eigenvalue weighted by Gasteiger charge is -2.42. The van der Waals surface area contributed by atoms with E-state index in [2.05, 4.69) is 0 Å². The summed E-state index contributed by atoms with van der Waals surface area (Å²) in [4.78, 5) is 12.9. The highest BCUT2D eigenvalue weighted by Crippen LogP contribution is 2.43. The van der Waals surface area contributed by atoms with Gasteiger partial charge in [0, 0.05) is 12.1 Å². The van der Waals surface area contributed by atoms with E-state index in [-0.39, 0.29) is 35.0 Å². The molecule has 0 bridgehead atoms. The minimum absolute atomic E-state index is 0.0457. The summed E-state index contributed by atoms with van der Waals surface area (Å²) in [5.74, 6) is -0.999. The lowest BCUT2D eigenvalue weighted by Crippen LogP contribution is -2.61. The molecule has 7 unspecified atom stereocenters. The number of methoxy groups -OCH3 is 1. The fourth-order valence-electron chi connectivity index (χ4n) is 5.20.